The lowest BCUT2D eigenvalue weighted by Crippen LogP contribution is -2.16. The predicted octanol–water partition coefficient (Wildman–Crippen LogP) is -0.635. The van der Waals surface area contributed by atoms with E-state index < -0.39 is 6.09 Å². The smallest absolute Gasteiger partial charge is 0.357 e. The molecule has 0 saturated carbocycles. The van der Waals surface area contributed by atoms with Crippen LogP contribution in [0.4, 0.5) is 4.79 Å². The monoisotopic (exact) mass is 144 g/mol. The van der Waals surface area contributed by atoms with Crippen LogP contribution in [-0.2, 0) is 4.84 Å². The Balaban J connectivity index is 0.000000162. The molecule has 1 aromatic heterocycles. The zero-order chi connectivity index (χ0) is 7.82. The number of carbonyl (C=O) groups is 1. The number of primary amides is 1. The highest BCUT2D eigenvalue weighted by Crippen LogP contribution is 1.62. The van der Waals surface area contributed by atoms with Crippen molar-refractivity contribution in [2.75, 3.05) is 0 Å². The van der Waals surface area contributed by atoms with Gasteiger partial charge in [-0.05, 0) is 0 Å². The minimum Gasteiger partial charge on any atom is -0.357 e. The van der Waals surface area contributed by atoms with Crippen molar-refractivity contribution < 1.29 is 9.63 Å². The summed E-state index contributed by atoms with van der Waals surface area (Å²) >= 11 is 0. The maximum absolute atomic E-state index is 9.24. The van der Waals surface area contributed by atoms with Crippen molar-refractivity contribution >= 4 is 6.09 Å². The number of aromatic amines is 1. The Morgan fingerprint density at radius 3 is 2.40 bits per heavy atom. The summed E-state index contributed by atoms with van der Waals surface area (Å²) in [6.45, 7) is 0. The molecule has 10 heavy (non-hydrogen) atoms. The fourth-order valence-electron chi connectivity index (χ4n) is 0.215. The van der Waals surface area contributed by atoms with Crippen molar-refractivity contribution in [2.45, 2.75) is 0 Å². The molecule has 0 radical (unpaired) electrons. The van der Waals surface area contributed by atoms with E-state index in [1.807, 2.05) is 0 Å². The average molecular weight is 144 g/mol. The zero-order valence-corrected chi connectivity index (χ0v) is 5.15. The minimum absolute atomic E-state index is 0.968. The van der Waals surface area contributed by atoms with Crippen LogP contribution in [0.15, 0.2) is 18.7 Å². The van der Waals surface area contributed by atoms with E-state index in [9.17, 15) is 4.79 Å². The van der Waals surface area contributed by atoms with Crippen LogP contribution in [0.3, 0.4) is 0 Å². The quantitative estimate of drug-likeness (QED) is 0.421. The van der Waals surface area contributed by atoms with E-state index in [4.69, 9.17) is 0 Å². The number of nitrogens with two attached hydrogens (primary N) is 2. The lowest BCUT2D eigenvalue weighted by molar-refractivity contribution is 0.159. The Bertz CT molecular complexity index is 145. The number of H-pyrrole nitrogens is 1. The molecule has 0 unspecified atom stereocenters. The highest BCUT2D eigenvalue weighted by atomic mass is 16.7. The molecular formula is C4H8N4O2. The van der Waals surface area contributed by atoms with Gasteiger partial charge in [-0.1, -0.05) is 0 Å². The Labute approximate surface area is 57.1 Å². The third-order valence-corrected chi connectivity index (χ3v) is 0.522. The van der Waals surface area contributed by atoms with Crippen LogP contribution in [0, 0.1) is 0 Å². The van der Waals surface area contributed by atoms with Crippen LogP contribution >= 0.6 is 0 Å². The summed E-state index contributed by atoms with van der Waals surface area (Å²) in [4.78, 5) is 19.0. The van der Waals surface area contributed by atoms with Crippen LogP contribution < -0.4 is 11.6 Å². The van der Waals surface area contributed by atoms with E-state index in [-0.39, 0.29) is 0 Å². The molecule has 0 aliphatic carbocycles. The maximum atomic E-state index is 9.24. The number of carbonyl (C=O) groups excluding carboxylic acids is 1. The van der Waals surface area contributed by atoms with Crippen LogP contribution in [0.1, 0.15) is 0 Å². The normalized spacial score (nSPS) is 7.30. The second-order valence-electron chi connectivity index (χ2n) is 1.20. The Morgan fingerprint density at radius 2 is 2.30 bits per heavy atom. The van der Waals surface area contributed by atoms with Gasteiger partial charge >= 0.3 is 6.09 Å². The van der Waals surface area contributed by atoms with Gasteiger partial charge in [0.25, 0.3) is 0 Å². The molecule has 6 heteroatoms. The zero-order valence-electron chi connectivity index (χ0n) is 5.15. The lowest BCUT2D eigenvalue weighted by atomic mass is 11.0. The van der Waals surface area contributed by atoms with Crippen LogP contribution in [0.25, 0.3) is 0 Å². The number of imidazole rings is 1. The average Bonchev–Trinajstić information content (AvgIpc) is 2.43. The Kier molecular flexibility index (Phi) is 4.70. The molecule has 1 rings (SSSR count). The number of rotatable bonds is 0. The van der Waals surface area contributed by atoms with Gasteiger partial charge in [-0.25, -0.2) is 9.78 Å². The first-order valence-electron chi connectivity index (χ1n) is 2.36. The summed E-state index contributed by atoms with van der Waals surface area (Å²) in [5, 5.41) is 0. The molecule has 0 bridgehead atoms. The number of amides is 1. The molecule has 0 aliphatic heterocycles. The summed E-state index contributed by atoms with van der Waals surface area (Å²) in [6.07, 6.45) is 4.12. The number of hydrogen-bond acceptors (Lipinski definition) is 4. The molecule has 0 spiro atoms. The van der Waals surface area contributed by atoms with Crippen molar-refractivity contribution in [2.24, 2.45) is 11.6 Å². The number of aromatic nitrogens is 2. The van der Waals surface area contributed by atoms with E-state index in [0.29, 0.717) is 0 Å². The predicted molar refractivity (Wildman–Crippen MR) is 33.4 cm³/mol. The Hall–Kier alpha value is -1.56. The molecule has 0 aliphatic rings. The fourth-order valence-corrected chi connectivity index (χ4v) is 0.215. The van der Waals surface area contributed by atoms with Gasteiger partial charge in [0.15, 0.2) is 0 Å². The molecule has 1 heterocycles. The Morgan fingerprint density at radius 1 is 1.70 bits per heavy atom. The van der Waals surface area contributed by atoms with Gasteiger partial charge in [0.1, 0.15) is 0 Å². The number of hydrogen-bond donors (Lipinski definition) is 3. The van der Waals surface area contributed by atoms with Crippen molar-refractivity contribution in [1.29, 1.82) is 0 Å². The molecule has 0 atom stereocenters. The van der Waals surface area contributed by atoms with Crippen molar-refractivity contribution in [3.8, 4) is 0 Å². The van der Waals surface area contributed by atoms with Crippen molar-refractivity contribution in [3.63, 3.8) is 0 Å². The highest BCUT2D eigenvalue weighted by Gasteiger charge is 1.77. The second kappa shape index (κ2) is 5.57. The van der Waals surface area contributed by atoms with Crippen molar-refractivity contribution in [3.05, 3.63) is 18.7 Å². The van der Waals surface area contributed by atoms with Crippen LogP contribution in [-0.4, -0.2) is 16.1 Å². The maximum Gasteiger partial charge on any atom is 0.423 e. The molecule has 0 saturated heterocycles. The molecular weight excluding hydrogens is 136 g/mol. The standard InChI is InChI=1S/C3H4N2.CH4N2O2/c1-2-5-3-4-1;2-1(4)5-3/h1-3H,(H,4,5);3H2,(H2,2,4). The largest absolute Gasteiger partial charge is 0.423 e. The third-order valence-electron chi connectivity index (χ3n) is 0.522. The SMILES string of the molecule is NOC(N)=O.c1c[nH]cn1. The first-order chi connectivity index (χ1) is 4.77. The van der Waals surface area contributed by atoms with Gasteiger partial charge in [0, 0.05) is 12.4 Å². The fraction of sp³-hybridized carbons (Fsp3) is 0. The van der Waals surface area contributed by atoms with E-state index in [1.54, 1.807) is 18.7 Å². The van der Waals surface area contributed by atoms with Gasteiger partial charge in [-0.15, -0.1) is 0 Å². The van der Waals surface area contributed by atoms with Crippen LogP contribution in [0.5, 0.6) is 0 Å². The molecule has 56 valence electrons. The summed E-state index contributed by atoms with van der Waals surface area (Å²) in [5.74, 6) is 4.20. The lowest BCUT2D eigenvalue weighted by Gasteiger charge is -1.79. The molecule has 1 aromatic rings. The number of nitrogens with zero attached hydrogens (tertiary/aromatic N) is 1. The first-order valence-corrected chi connectivity index (χ1v) is 2.36. The number of nitrogens with one attached hydrogen (secondary N) is 1. The molecule has 1 amide bonds. The van der Waals surface area contributed by atoms with Gasteiger partial charge in [0.2, 0.25) is 0 Å². The molecule has 0 aromatic carbocycles. The van der Waals surface area contributed by atoms with Gasteiger partial charge in [-0.3, -0.25) is 0 Å². The first kappa shape index (κ1) is 8.44. The minimum atomic E-state index is -0.968. The third kappa shape index (κ3) is 6.44. The van der Waals surface area contributed by atoms with E-state index >= 15 is 0 Å². The molecule has 5 N–H and O–H groups in total. The van der Waals surface area contributed by atoms with Gasteiger partial charge < -0.3 is 15.6 Å². The van der Waals surface area contributed by atoms with Crippen molar-refractivity contribution in [1.82, 2.24) is 9.97 Å². The summed E-state index contributed by atoms with van der Waals surface area (Å²) in [5.41, 5.74) is 4.31. The summed E-state index contributed by atoms with van der Waals surface area (Å²) in [7, 11) is 0. The van der Waals surface area contributed by atoms with Crippen LogP contribution in [0.2, 0.25) is 0 Å². The highest BCUT2D eigenvalue weighted by molar-refractivity contribution is 5.63. The molecule has 6 nitrogen and oxygen atoms in total. The van der Waals surface area contributed by atoms with E-state index in [1.165, 1.54) is 0 Å². The van der Waals surface area contributed by atoms with E-state index in [0.717, 1.165) is 0 Å². The van der Waals surface area contributed by atoms with Gasteiger partial charge in [-0.2, -0.15) is 5.90 Å². The van der Waals surface area contributed by atoms with Gasteiger partial charge in [0.05, 0.1) is 6.33 Å². The van der Waals surface area contributed by atoms with E-state index in [2.05, 4.69) is 26.4 Å². The summed E-state index contributed by atoms with van der Waals surface area (Å²) in [6, 6.07) is 0. The topological polar surface area (TPSA) is 107 Å². The molecule has 0 fully saturated rings. The second-order valence-corrected chi connectivity index (χ2v) is 1.20. The summed E-state index contributed by atoms with van der Waals surface area (Å²) < 4.78 is 0.